The molecule has 9 heteroatoms. The first kappa shape index (κ1) is 27.9. The lowest BCUT2D eigenvalue weighted by Gasteiger charge is -2.26. The molecule has 0 aliphatic carbocycles. The number of anilines is 3. The Bertz CT molecular complexity index is 2370. The lowest BCUT2D eigenvalue weighted by atomic mass is 9.81. The number of nitrogens with zero attached hydrogens (tertiary/aromatic N) is 4. The minimum Gasteiger partial charge on any atom is -0.436 e. The minimum absolute atomic E-state index is 0.459. The van der Waals surface area contributed by atoms with Gasteiger partial charge in [0.05, 0.1) is 0 Å². The molecule has 9 aromatic rings. The average Bonchev–Trinajstić information content (AvgIpc) is 3.86. The van der Waals surface area contributed by atoms with Crippen molar-refractivity contribution < 1.29 is 13.3 Å². The number of aromatic nitrogens is 3. The highest BCUT2D eigenvalue weighted by Crippen LogP contribution is 2.38. The summed E-state index contributed by atoms with van der Waals surface area (Å²) < 4.78 is 18.1. The Morgan fingerprint density at radius 1 is 0.396 bits per heavy atom. The molecule has 6 aromatic carbocycles. The van der Waals surface area contributed by atoms with Crippen LogP contribution < -0.4 is 15.8 Å². The fraction of sp³-hybridized carbons (Fsp3) is 0. The second kappa shape index (κ2) is 11.2. The molecule has 0 amide bonds. The maximum atomic E-state index is 6.02. The van der Waals surface area contributed by atoms with Gasteiger partial charge in [-0.1, -0.05) is 29.7 Å². The summed E-state index contributed by atoms with van der Waals surface area (Å²) in [7, 11) is 12.0. The minimum atomic E-state index is 0.459. The van der Waals surface area contributed by atoms with E-state index in [-0.39, 0.29) is 0 Å². The Kier molecular flexibility index (Phi) is 6.50. The topological polar surface area (TPSA) is 81.3 Å². The van der Waals surface area contributed by atoms with Crippen molar-refractivity contribution in [2.45, 2.75) is 0 Å². The molecule has 0 saturated carbocycles. The molecule has 0 N–H and O–H groups in total. The van der Waals surface area contributed by atoms with E-state index in [0.717, 1.165) is 56.0 Å². The quantitative estimate of drug-likeness (QED) is 0.174. The summed E-state index contributed by atoms with van der Waals surface area (Å²) in [4.78, 5) is 16.1. The van der Waals surface area contributed by atoms with Gasteiger partial charge in [0, 0.05) is 33.8 Å². The monoisotopic (exact) mass is 616 g/mol. The Labute approximate surface area is 277 Å². The molecule has 222 valence electrons. The van der Waals surface area contributed by atoms with E-state index in [1.54, 1.807) is 12.1 Å². The van der Waals surface area contributed by atoms with Crippen LogP contribution in [0.3, 0.4) is 0 Å². The predicted molar refractivity (Wildman–Crippen MR) is 191 cm³/mol. The first-order valence-electron chi connectivity index (χ1n) is 15.3. The van der Waals surface area contributed by atoms with Gasteiger partial charge in [0.1, 0.15) is 32.2 Å². The summed E-state index contributed by atoms with van der Waals surface area (Å²) >= 11 is 0. The van der Waals surface area contributed by atoms with Crippen LogP contribution in [0.15, 0.2) is 147 Å². The summed E-state index contributed by atoms with van der Waals surface area (Å²) in [6.07, 6.45) is 0. The van der Waals surface area contributed by atoms with Gasteiger partial charge >= 0.3 is 0 Å². The lowest BCUT2D eigenvalue weighted by Crippen LogP contribution is -2.24. The molecule has 0 aliphatic heterocycles. The van der Waals surface area contributed by atoms with Crippen molar-refractivity contribution in [1.82, 2.24) is 15.0 Å². The van der Waals surface area contributed by atoms with Crippen molar-refractivity contribution in [2.75, 3.05) is 4.90 Å². The molecule has 7 nitrogen and oxygen atoms in total. The van der Waals surface area contributed by atoms with Crippen LogP contribution in [0, 0.1) is 0 Å². The SMILES string of the molecule is [B]c1cc2nc(-c3ccc(N(c4ccc(-c5nc6ccccc6o5)cc4)c4ccc(-c5nc6ccccc6o5)cc4)cc3)oc2cc1[B]. The summed E-state index contributed by atoms with van der Waals surface area (Å²) in [5.74, 6) is 1.63. The van der Waals surface area contributed by atoms with Gasteiger partial charge in [0.15, 0.2) is 16.7 Å². The lowest BCUT2D eigenvalue weighted by molar-refractivity contribution is 0.619. The van der Waals surface area contributed by atoms with Gasteiger partial charge in [-0.05, 0) is 109 Å². The van der Waals surface area contributed by atoms with Gasteiger partial charge in [0.25, 0.3) is 0 Å². The zero-order valence-electron chi connectivity index (χ0n) is 25.4. The van der Waals surface area contributed by atoms with Crippen LogP contribution in [0.25, 0.3) is 67.7 Å². The third kappa shape index (κ3) is 4.93. The van der Waals surface area contributed by atoms with Gasteiger partial charge in [-0.25, -0.2) is 15.0 Å². The standard InChI is InChI=1S/C39H22B2N4O3/c40-29-21-33-36(22-30(29)41)48-39(44-33)25-13-19-28(20-14-25)45(26-15-9-23(10-16-26)37-42-31-5-1-3-7-34(31)46-37)27-17-11-24(12-18-27)38-43-32-6-2-4-8-35(32)47-38/h1-22H. The predicted octanol–water partition coefficient (Wildman–Crippen LogP) is 8.17. The Hall–Kier alpha value is -6.34. The Balaban J connectivity index is 1.09. The normalized spacial score (nSPS) is 11.5. The molecule has 3 aromatic heterocycles. The fourth-order valence-corrected chi connectivity index (χ4v) is 5.83. The molecular weight excluding hydrogens is 594 g/mol. The van der Waals surface area contributed by atoms with E-state index in [1.807, 2.05) is 97.1 Å². The first-order valence-corrected chi connectivity index (χ1v) is 15.3. The third-order valence-corrected chi connectivity index (χ3v) is 8.30. The van der Waals surface area contributed by atoms with Crippen molar-refractivity contribution in [1.29, 1.82) is 0 Å². The third-order valence-electron chi connectivity index (χ3n) is 8.30. The number of hydrogen-bond acceptors (Lipinski definition) is 7. The van der Waals surface area contributed by atoms with E-state index < -0.39 is 0 Å². The van der Waals surface area contributed by atoms with Crippen molar-refractivity contribution in [3.8, 4) is 34.4 Å². The van der Waals surface area contributed by atoms with Gasteiger partial charge in [-0.3, -0.25) is 0 Å². The molecule has 0 atom stereocenters. The van der Waals surface area contributed by atoms with Gasteiger partial charge in [-0.2, -0.15) is 0 Å². The van der Waals surface area contributed by atoms with Crippen LogP contribution in [0.1, 0.15) is 0 Å². The van der Waals surface area contributed by atoms with E-state index in [9.17, 15) is 0 Å². The molecule has 0 aliphatic rings. The summed E-state index contributed by atoms with van der Waals surface area (Å²) in [5.41, 5.74) is 10.7. The molecule has 3 heterocycles. The average molecular weight is 616 g/mol. The molecule has 0 bridgehead atoms. The van der Waals surface area contributed by atoms with Crippen LogP contribution in [0.2, 0.25) is 0 Å². The number of hydrogen-bond donors (Lipinski definition) is 0. The van der Waals surface area contributed by atoms with Crippen molar-refractivity contribution in [3.63, 3.8) is 0 Å². The van der Waals surface area contributed by atoms with Gasteiger partial charge < -0.3 is 18.2 Å². The summed E-state index contributed by atoms with van der Waals surface area (Å²) in [5, 5.41) is 0. The first-order chi connectivity index (χ1) is 23.6. The zero-order chi connectivity index (χ0) is 32.2. The van der Waals surface area contributed by atoms with Gasteiger partial charge in [-0.15, -0.1) is 5.46 Å². The molecular formula is C39H22B2N4O3. The second-order valence-electron chi connectivity index (χ2n) is 11.4. The smallest absolute Gasteiger partial charge is 0.227 e. The number of rotatable bonds is 6. The van der Waals surface area contributed by atoms with Crippen LogP contribution in [-0.2, 0) is 0 Å². The van der Waals surface area contributed by atoms with E-state index in [4.69, 9.17) is 28.9 Å². The summed E-state index contributed by atoms with van der Waals surface area (Å²) in [6, 6.07) is 43.3. The largest absolute Gasteiger partial charge is 0.436 e. The highest BCUT2D eigenvalue weighted by molar-refractivity contribution is 6.49. The Morgan fingerprint density at radius 2 is 0.771 bits per heavy atom. The second-order valence-corrected chi connectivity index (χ2v) is 11.4. The van der Waals surface area contributed by atoms with Crippen LogP contribution in [-0.4, -0.2) is 30.6 Å². The van der Waals surface area contributed by atoms with Crippen molar-refractivity contribution in [3.05, 3.63) is 133 Å². The number of para-hydroxylation sites is 4. The maximum absolute atomic E-state index is 6.02. The molecule has 0 spiro atoms. The number of benzene rings is 6. The molecule has 48 heavy (non-hydrogen) atoms. The van der Waals surface area contributed by atoms with Crippen molar-refractivity contribution in [2.24, 2.45) is 0 Å². The van der Waals surface area contributed by atoms with E-state index in [1.165, 1.54) is 0 Å². The Morgan fingerprint density at radius 3 is 1.21 bits per heavy atom. The van der Waals surface area contributed by atoms with Crippen LogP contribution in [0.5, 0.6) is 0 Å². The van der Waals surface area contributed by atoms with Gasteiger partial charge in [0.2, 0.25) is 17.7 Å². The molecule has 0 fully saturated rings. The summed E-state index contributed by atoms with van der Waals surface area (Å²) in [6.45, 7) is 0. The van der Waals surface area contributed by atoms with Crippen molar-refractivity contribution >= 4 is 77.0 Å². The molecule has 4 radical (unpaired) electrons. The highest BCUT2D eigenvalue weighted by atomic mass is 16.4. The molecule has 9 rings (SSSR count). The highest BCUT2D eigenvalue weighted by Gasteiger charge is 2.17. The fourth-order valence-electron chi connectivity index (χ4n) is 5.83. The van der Waals surface area contributed by atoms with E-state index >= 15 is 0 Å². The number of fused-ring (bicyclic) bond motifs is 3. The van der Waals surface area contributed by atoms with Crippen LogP contribution in [0.4, 0.5) is 17.1 Å². The zero-order valence-corrected chi connectivity index (χ0v) is 25.4. The molecule has 0 unspecified atom stereocenters. The van der Waals surface area contributed by atoms with E-state index in [0.29, 0.717) is 39.7 Å². The molecule has 0 saturated heterocycles. The van der Waals surface area contributed by atoms with E-state index in [2.05, 4.69) is 44.1 Å². The maximum Gasteiger partial charge on any atom is 0.227 e. The van der Waals surface area contributed by atoms with Crippen LogP contribution >= 0.6 is 0 Å². The number of oxazole rings is 3.